The van der Waals surface area contributed by atoms with Crippen LogP contribution in [0, 0.1) is 13.8 Å². The third-order valence-electron chi connectivity index (χ3n) is 4.92. The van der Waals surface area contributed by atoms with E-state index in [9.17, 15) is 8.42 Å². The number of nitrogens with one attached hydrogen (secondary N) is 1. The van der Waals surface area contributed by atoms with E-state index in [0.717, 1.165) is 32.0 Å². The van der Waals surface area contributed by atoms with Crippen molar-refractivity contribution in [2.24, 2.45) is 0 Å². The first-order valence-electron chi connectivity index (χ1n) is 8.92. The molecular weight excluding hydrogens is 348 g/mol. The van der Waals surface area contributed by atoms with Gasteiger partial charge < -0.3 is 9.80 Å². The largest absolute Gasteiger partial charge is 0.368 e. The number of piperazine rings is 1. The molecule has 1 aromatic heterocycles. The van der Waals surface area contributed by atoms with Gasteiger partial charge in [-0.05, 0) is 50.1 Å². The molecule has 140 valence electrons. The fourth-order valence-corrected chi connectivity index (χ4v) is 3.76. The Balaban J connectivity index is 1.64. The highest BCUT2D eigenvalue weighted by atomic mass is 32.2. The first-order valence-corrected chi connectivity index (χ1v) is 10.6. The van der Waals surface area contributed by atoms with Crippen LogP contribution in [-0.2, 0) is 10.0 Å². The van der Waals surface area contributed by atoms with E-state index in [1.165, 1.54) is 16.8 Å². The van der Waals surface area contributed by atoms with Crippen LogP contribution in [-0.4, -0.2) is 45.3 Å². The van der Waals surface area contributed by atoms with Gasteiger partial charge in [0.15, 0.2) is 0 Å². The molecule has 0 atom stereocenters. The summed E-state index contributed by atoms with van der Waals surface area (Å²) in [6.07, 6.45) is 1.58. The van der Waals surface area contributed by atoms with Crippen molar-refractivity contribution < 1.29 is 8.42 Å². The molecule has 0 unspecified atom stereocenters. The van der Waals surface area contributed by atoms with Crippen molar-refractivity contribution in [1.29, 1.82) is 0 Å². The van der Waals surface area contributed by atoms with Gasteiger partial charge in [0.1, 0.15) is 5.82 Å². The lowest BCUT2D eigenvalue weighted by Gasteiger charge is -2.37. The van der Waals surface area contributed by atoms with E-state index in [-0.39, 0.29) is 5.75 Å². The Morgan fingerprint density at radius 3 is 2.35 bits per heavy atom. The van der Waals surface area contributed by atoms with Gasteiger partial charge in [-0.15, -0.1) is 0 Å². The van der Waals surface area contributed by atoms with Crippen LogP contribution in [0.15, 0.2) is 36.5 Å². The average molecular weight is 375 g/mol. The Morgan fingerprint density at radius 1 is 1.04 bits per heavy atom. The van der Waals surface area contributed by atoms with Gasteiger partial charge >= 0.3 is 0 Å². The van der Waals surface area contributed by atoms with Crippen LogP contribution in [0.3, 0.4) is 0 Å². The third kappa shape index (κ3) is 4.09. The van der Waals surface area contributed by atoms with E-state index in [2.05, 4.69) is 51.6 Å². The van der Waals surface area contributed by atoms with Crippen molar-refractivity contribution >= 4 is 27.2 Å². The van der Waals surface area contributed by atoms with Gasteiger partial charge in [-0.1, -0.05) is 12.1 Å². The second-order valence-electron chi connectivity index (χ2n) is 6.60. The highest BCUT2D eigenvalue weighted by Gasteiger charge is 2.20. The summed E-state index contributed by atoms with van der Waals surface area (Å²) < 4.78 is 25.8. The topological polar surface area (TPSA) is 65.5 Å². The maximum atomic E-state index is 11.6. The summed E-state index contributed by atoms with van der Waals surface area (Å²) in [7, 11) is -3.27. The van der Waals surface area contributed by atoms with Crippen molar-refractivity contribution in [3.8, 4) is 0 Å². The van der Waals surface area contributed by atoms with Crippen LogP contribution in [0.2, 0.25) is 0 Å². The Bertz CT molecular complexity index is 858. The SMILES string of the molecule is CCS(=O)(=O)Nc1ccc(N2CCN(c3cccc(C)c3C)CC2)nc1. The molecule has 0 bridgehead atoms. The summed E-state index contributed by atoms with van der Waals surface area (Å²) in [6.45, 7) is 9.59. The molecule has 1 aliphatic heterocycles. The summed E-state index contributed by atoms with van der Waals surface area (Å²) in [6, 6.07) is 10.1. The second-order valence-corrected chi connectivity index (χ2v) is 8.61. The van der Waals surface area contributed by atoms with Crippen molar-refractivity contribution in [1.82, 2.24) is 4.98 Å². The average Bonchev–Trinajstić information content (AvgIpc) is 2.65. The third-order valence-corrected chi connectivity index (χ3v) is 6.23. The standard InChI is InChI=1S/C19H26N4O2S/c1-4-26(24,25)21-17-8-9-19(20-14-17)23-12-10-22(11-13-23)18-7-5-6-15(2)16(18)3/h5-9,14,21H,4,10-13H2,1-3H3. The number of hydrogen-bond acceptors (Lipinski definition) is 5. The maximum Gasteiger partial charge on any atom is 0.232 e. The minimum Gasteiger partial charge on any atom is -0.368 e. The second kappa shape index (κ2) is 7.53. The molecule has 0 aliphatic carbocycles. The molecule has 2 heterocycles. The highest BCUT2D eigenvalue weighted by Crippen LogP contribution is 2.25. The first kappa shape index (κ1) is 18.5. The Morgan fingerprint density at radius 2 is 1.73 bits per heavy atom. The van der Waals surface area contributed by atoms with Crippen molar-refractivity contribution in [3.63, 3.8) is 0 Å². The summed E-state index contributed by atoms with van der Waals surface area (Å²) in [5.41, 5.74) is 4.47. The van der Waals surface area contributed by atoms with Crippen LogP contribution < -0.4 is 14.5 Å². The van der Waals surface area contributed by atoms with Gasteiger partial charge in [-0.25, -0.2) is 13.4 Å². The number of hydrogen-bond donors (Lipinski definition) is 1. The number of sulfonamides is 1. The van der Waals surface area contributed by atoms with E-state index in [4.69, 9.17) is 0 Å². The van der Waals surface area contributed by atoms with E-state index >= 15 is 0 Å². The summed E-state index contributed by atoms with van der Waals surface area (Å²) in [4.78, 5) is 9.09. The molecule has 0 saturated carbocycles. The monoisotopic (exact) mass is 374 g/mol. The minimum absolute atomic E-state index is 0.0507. The van der Waals surface area contributed by atoms with E-state index in [1.807, 2.05) is 6.07 Å². The van der Waals surface area contributed by atoms with Gasteiger partial charge in [-0.2, -0.15) is 0 Å². The molecule has 3 rings (SSSR count). The van der Waals surface area contributed by atoms with Gasteiger partial charge in [0.2, 0.25) is 10.0 Å². The molecule has 6 nitrogen and oxygen atoms in total. The number of aromatic nitrogens is 1. The molecule has 1 saturated heterocycles. The van der Waals surface area contributed by atoms with Crippen LogP contribution in [0.4, 0.5) is 17.2 Å². The molecule has 26 heavy (non-hydrogen) atoms. The Labute approximate surface area is 155 Å². The van der Waals surface area contributed by atoms with Crippen LogP contribution >= 0.6 is 0 Å². The lowest BCUT2D eigenvalue weighted by atomic mass is 10.1. The number of anilines is 3. The Kier molecular flexibility index (Phi) is 5.36. The zero-order valence-electron chi connectivity index (χ0n) is 15.6. The van der Waals surface area contributed by atoms with Crippen molar-refractivity contribution in [3.05, 3.63) is 47.7 Å². The number of rotatable bonds is 5. The molecule has 7 heteroatoms. The number of benzene rings is 1. The van der Waals surface area contributed by atoms with E-state index in [0.29, 0.717) is 5.69 Å². The van der Waals surface area contributed by atoms with Crippen molar-refractivity contribution in [2.45, 2.75) is 20.8 Å². The van der Waals surface area contributed by atoms with Crippen LogP contribution in [0.25, 0.3) is 0 Å². The number of nitrogens with zero attached hydrogens (tertiary/aromatic N) is 3. The van der Waals surface area contributed by atoms with Crippen LogP contribution in [0.1, 0.15) is 18.1 Å². The molecule has 2 aromatic rings. The van der Waals surface area contributed by atoms with Crippen LogP contribution in [0.5, 0.6) is 0 Å². The smallest absolute Gasteiger partial charge is 0.232 e. The fraction of sp³-hybridized carbons (Fsp3) is 0.421. The summed E-state index contributed by atoms with van der Waals surface area (Å²) >= 11 is 0. The van der Waals surface area contributed by atoms with Gasteiger partial charge in [0.25, 0.3) is 0 Å². The number of aryl methyl sites for hydroxylation is 1. The first-order chi connectivity index (χ1) is 12.4. The van der Waals surface area contributed by atoms with Crippen molar-refractivity contribution in [2.75, 3.05) is 46.5 Å². The molecule has 1 aromatic carbocycles. The molecular formula is C19H26N4O2S. The molecule has 1 N–H and O–H groups in total. The highest BCUT2D eigenvalue weighted by molar-refractivity contribution is 7.92. The number of pyridine rings is 1. The normalized spacial score (nSPS) is 15.2. The summed E-state index contributed by atoms with van der Waals surface area (Å²) in [5.74, 6) is 0.930. The molecule has 0 radical (unpaired) electrons. The Hall–Kier alpha value is -2.28. The lowest BCUT2D eigenvalue weighted by Crippen LogP contribution is -2.47. The molecule has 0 amide bonds. The molecule has 0 spiro atoms. The zero-order chi connectivity index (χ0) is 18.7. The quantitative estimate of drug-likeness (QED) is 0.872. The lowest BCUT2D eigenvalue weighted by molar-refractivity contribution is 0.602. The molecule has 1 aliphatic rings. The van der Waals surface area contributed by atoms with Gasteiger partial charge in [0.05, 0.1) is 17.6 Å². The fourth-order valence-electron chi connectivity index (χ4n) is 3.14. The van der Waals surface area contributed by atoms with Gasteiger partial charge in [0, 0.05) is 31.9 Å². The van der Waals surface area contributed by atoms with E-state index < -0.39 is 10.0 Å². The zero-order valence-corrected chi connectivity index (χ0v) is 16.4. The summed E-state index contributed by atoms with van der Waals surface area (Å²) in [5, 5.41) is 0. The predicted octanol–water partition coefficient (Wildman–Crippen LogP) is 2.79. The minimum atomic E-state index is -3.27. The molecule has 1 fully saturated rings. The van der Waals surface area contributed by atoms with Gasteiger partial charge in [-0.3, -0.25) is 4.72 Å². The predicted molar refractivity (Wildman–Crippen MR) is 108 cm³/mol. The maximum absolute atomic E-state index is 11.6. The van der Waals surface area contributed by atoms with E-state index in [1.54, 1.807) is 19.2 Å².